The Kier molecular flexibility index (Phi) is 4.95. The monoisotopic (exact) mass is 447 g/mol. The molecule has 3 heterocycles. The minimum atomic E-state index is -0.283. The number of benzene rings is 3. The van der Waals surface area contributed by atoms with E-state index < -0.39 is 0 Å². The van der Waals surface area contributed by atoms with Gasteiger partial charge in [0.1, 0.15) is 0 Å². The number of hydrogen-bond acceptors (Lipinski definition) is 4. The summed E-state index contributed by atoms with van der Waals surface area (Å²) in [5.41, 5.74) is 3.88. The SMILES string of the molecule is N#Cc1ccc(CC2CC3CCC(C2)N3c2ccc(N3C(=O)C=CC3=O)cc2)c2ccccc12. The van der Waals surface area contributed by atoms with Crippen molar-refractivity contribution in [3.05, 3.63) is 83.9 Å². The Morgan fingerprint density at radius 2 is 1.41 bits per heavy atom. The lowest BCUT2D eigenvalue weighted by Gasteiger charge is -2.41. The fourth-order valence-corrected chi connectivity index (χ4v) is 6.25. The highest BCUT2D eigenvalue weighted by molar-refractivity contribution is 6.28. The van der Waals surface area contributed by atoms with Gasteiger partial charge in [0, 0.05) is 29.9 Å². The van der Waals surface area contributed by atoms with Gasteiger partial charge in [0.05, 0.1) is 17.3 Å². The van der Waals surface area contributed by atoms with Crippen LogP contribution in [-0.4, -0.2) is 23.9 Å². The van der Waals surface area contributed by atoms with Crippen molar-refractivity contribution in [2.75, 3.05) is 9.80 Å². The van der Waals surface area contributed by atoms with Crippen molar-refractivity contribution >= 4 is 34.0 Å². The molecular weight excluding hydrogens is 422 g/mol. The van der Waals surface area contributed by atoms with E-state index >= 15 is 0 Å². The highest BCUT2D eigenvalue weighted by Crippen LogP contribution is 2.43. The molecule has 168 valence electrons. The zero-order valence-electron chi connectivity index (χ0n) is 18.9. The van der Waals surface area contributed by atoms with Crippen LogP contribution in [0, 0.1) is 17.2 Å². The predicted molar refractivity (Wildman–Crippen MR) is 132 cm³/mol. The van der Waals surface area contributed by atoms with E-state index in [1.165, 1.54) is 46.5 Å². The van der Waals surface area contributed by atoms with Crippen LogP contribution in [0.25, 0.3) is 10.8 Å². The van der Waals surface area contributed by atoms with E-state index in [-0.39, 0.29) is 11.8 Å². The number of carbonyl (C=O) groups excluding carboxylic acids is 2. The molecule has 2 fully saturated rings. The van der Waals surface area contributed by atoms with Crippen molar-refractivity contribution in [1.82, 2.24) is 0 Å². The maximum absolute atomic E-state index is 12.0. The fourth-order valence-electron chi connectivity index (χ4n) is 6.25. The first-order valence-corrected chi connectivity index (χ1v) is 12.0. The Hall–Kier alpha value is -3.91. The second kappa shape index (κ2) is 8.14. The molecule has 2 atom stereocenters. The molecule has 3 aliphatic rings. The van der Waals surface area contributed by atoms with Gasteiger partial charge in [-0.1, -0.05) is 30.3 Å². The molecule has 2 unspecified atom stereocenters. The average molecular weight is 448 g/mol. The van der Waals surface area contributed by atoms with Gasteiger partial charge >= 0.3 is 0 Å². The number of nitrogens with zero attached hydrogens (tertiary/aromatic N) is 3. The minimum absolute atomic E-state index is 0.283. The van der Waals surface area contributed by atoms with Gasteiger partial charge in [-0.15, -0.1) is 0 Å². The zero-order chi connectivity index (χ0) is 23.2. The third-order valence-electron chi connectivity index (χ3n) is 7.69. The summed E-state index contributed by atoms with van der Waals surface area (Å²) in [4.78, 5) is 27.7. The number of fused-ring (bicyclic) bond motifs is 3. The van der Waals surface area contributed by atoms with Crippen LogP contribution in [0.15, 0.2) is 72.8 Å². The molecule has 0 radical (unpaired) electrons. The van der Waals surface area contributed by atoms with E-state index in [1.807, 2.05) is 42.5 Å². The Morgan fingerprint density at radius 3 is 2.06 bits per heavy atom. The molecule has 34 heavy (non-hydrogen) atoms. The highest BCUT2D eigenvalue weighted by atomic mass is 16.2. The lowest BCUT2D eigenvalue weighted by Crippen LogP contribution is -2.43. The van der Waals surface area contributed by atoms with Gasteiger partial charge in [0.2, 0.25) is 0 Å². The van der Waals surface area contributed by atoms with E-state index in [1.54, 1.807) is 0 Å². The van der Waals surface area contributed by atoms with E-state index in [2.05, 4.69) is 29.2 Å². The van der Waals surface area contributed by atoms with Crippen molar-refractivity contribution in [3.8, 4) is 6.07 Å². The number of piperidine rings is 1. The summed E-state index contributed by atoms with van der Waals surface area (Å²) in [5, 5.41) is 11.7. The van der Waals surface area contributed by atoms with Gasteiger partial charge in [0.15, 0.2) is 0 Å². The van der Waals surface area contributed by atoms with Gasteiger partial charge in [-0.2, -0.15) is 5.26 Å². The second-order valence-electron chi connectivity index (χ2n) is 9.63. The average Bonchev–Trinajstić information content (AvgIpc) is 3.34. The largest absolute Gasteiger partial charge is 0.366 e. The van der Waals surface area contributed by atoms with Crippen molar-refractivity contribution in [2.45, 2.75) is 44.2 Å². The summed E-state index contributed by atoms with van der Waals surface area (Å²) in [6, 6.07) is 23.6. The molecule has 0 N–H and O–H groups in total. The molecular formula is C29H25N3O2. The summed E-state index contributed by atoms with van der Waals surface area (Å²) >= 11 is 0. The van der Waals surface area contributed by atoms with Crippen LogP contribution in [-0.2, 0) is 16.0 Å². The van der Waals surface area contributed by atoms with E-state index in [9.17, 15) is 14.9 Å². The number of rotatable bonds is 4. The summed E-state index contributed by atoms with van der Waals surface area (Å²) in [6.45, 7) is 0. The smallest absolute Gasteiger partial charge is 0.258 e. The Balaban J connectivity index is 1.20. The number of carbonyl (C=O) groups is 2. The normalized spacial score (nSPS) is 23.7. The third-order valence-corrected chi connectivity index (χ3v) is 7.69. The molecule has 0 aliphatic carbocycles. The standard InChI is InChI=1S/C29H25N3O2/c30-18-21-6-5-20(26-3-1-2-4-27(21)26)15-19-16-24-11-12-25(17-19)31(24)22-7-9-23(10-8-22)32-28(33)13-14-29(32)34/h1-10,13-14,19,24-25H,11-12,15-17H2. The van der Waals surface area contributed by atoms with Crippen LogP contribution in [0.2, 0.25) is 0 Å². The lowest BCUT2D eigenvalue weighted by atomic mass is 9.84. The summed E-state index contributed by atoms with van der Waals surface area (Å²) < 4.78 is 0. The molecule has 3 aliphatic heterocycles. The fraction of sp³-hybridized carbons (Fsp3) is 0.276. The maximum atomic E-state index is 12.0. The quantitative estimate of drug-likeness (QED) is 0.520. The molecule has 6 rings (SSSR count). The molecule has 2 bridgehead atoms. The first kappa shape index (κ1) is 20.7. The summed E-state index contributed by atoms with van der Waals surface area (Å²) in [5.74, 6) is 0.0539. The summed E-state index contributed by atoms with van der Waals surface area (Å²) in [7, 11) is 0. The first-order valence-electron chi connectivity index (χ1n) is 12.0. The molecule has 3 aromatic rings. The zero-order valence-corrected chi connectivity index (χ0v) is 18.9. The molecule has 5 heteroatoms. The van der Waals surface area contributed by atoms with E-state index in [4.69, 9.17) is 0 Å². The van der Waals surface area contributed by atoms with Crippen molar-refractivity contribution in [2.24, 2.45) is 5.92 Å². The molecule has 3 aromatic carbocycles. The van der Waals surface area contributed by atoms with Crippen LogP contribution in [0.1, 0.15) is 36.8 Å². The number of anilines is 2. The van der Waals surface area contributed by atoms with Gasteiger partial charge < -0.3 is 4.90 Å². The van der Waals surface area contributed by atoms with Crippen molar-refractivity contribution < 1.29 is 9.59 Å². The van der Waals surface area contributed by atoms with Crippen molar-refractivity contribution in [1.29, 1.82) is 5.26 Å². The number of nitriles is 1. The van der Waals surface area contributed by atoms with Gasteiger partial charge in [-0.3, -0.25) is 9.59 Å². The highest BCUT2D eigenvalue weighted by Gasteiger charge is 2.40. The molecule has 0 saturated carbocycles. The number of imide groups is 1. The lowest BCUT2D eigenvalue weighted by molar-refractivity contribution is -0.119. The maximum Gasteiger partial charge on any atom is 0.258 e. The topological polar surface area (TPSA) is 64.4 Å². The van der Waals surface area contributed by atoms with Crippen LogP contribution >= 0.6 is 0 Å². The Labute approximate surface area is 198 Å². The first-order chi connectivity index (χ1) is 16.6. The molecule has 0 spiro atoms. The molecule has 2 amide bonds. The number of hydrogen-bond donors (Lipinski definition) is 0. The van der Waals surface area contributed by atoms with Gasteiger partial charge in [0.25, 0.3) is 11.8 Å². The number of amides is 2. The minimum Gasteiger partial charge on any atom is -0.366 e. The third kappa shape index (κ3) is 3.38. The Morgan fingerprint density at radius 1 is 0.794 bits per heavy atom. The van der Waals surface area contributed by atoms with Crippen molar-refractivity contribution in [3.63, 3.8) is 0 Å². The van der Waals surface area contributed by atoms with E-state index in [0.29, 0.717) is 23.7 Å². The molecule has 2 saturated heterocycles. The second-order valence-corrected chi connectivity index (χ2v) is 9.63. The van der Waals surface area contributed by atoms with Crippen LogP contribution in [0.5, 0.6) is 0 Å². The van der Waals surface area contributed by atoms with Crippen LogP contribution < -0.4 is 9.80 Å². The molecule has 5 nitrogen and oxygen atoms in total. The van der Waals surface area contributed by atoms with Gasteiger partial charge in [-0.25, -0.2) is 4.90 Å². The predicted octanol–water partition coefficient (Wildman–Crippen LogP) is 5.13. The van der Waals surface area contributed by atoms with Gasteiger partial charge in [-0.05, 0) is 84.7 Å². The van der Waals surface area contributed by atoms with Crippen LogP contribution in [0.4, 0.5) is 11.4 Å². The Bertz CT molecular complexity index is 1340. The van der Waals surface area contributed by atoms with Crippen LogP contribution in [0.3, 0.4) is 0 Å². The molecule has 0 aromatic heterocycles. The summed E-state index contributed by atoms with van der Waals surface area (Å²) in [6.07, 6.45) is 8.38. The van der Waals surface area contributed by atoms with E-state index in [0.717, 1.165) is 30.2 Å².